The van der Waals surface area contributed by atoms with Gasteiger partial charge in [0.2, 0.25) is 0 Å². The Hall–Kier alpha value is -0.0400. The zero-order valence-electron chi connectivity index (χ0n) is 13.3. The minimum atomic E-state index is 0. The zero-order chi connectivity index (χ0) is 14.0. The van der Waals surface area contributed by atoms with Crippen LogP contribution in [-0.4, -0.2) is 39.3 Å². The first-order valence-electron chi connectivity index (χ1n) is 7.78. The fourth-order valence-electron chi connectivity index (χ4n) is 2.50. The van der Waals surface area contributed by atoms with E-state index in [-0.39, 0.29) is 24.0 Å². The second kappa shape index (κ2) is 11.6. The molecule has 0 aliphatic heterocycles. The standard InChI is InChI=1S/C15H31N3O.HI/c1-4-15(9-8-10-15)13-18-14(16-3)17-11-6-7-12-19-5-2;/h4-13H2,1-3H3,(H2,16,17,18);1H. The van der Waals surface area contributed by atoms with Crippen LogP contribution >= 0.6 is 24.0 Å². The average Bonchev–Trinajstić information content (AvgIpc) is 2.39. The molecule has 0 aromatic heterocycles. The van der Waals surface area contributed by atoms with Crippen molar-refractivity contribution in [1.82, 2.24) is 10.6 Å². The van der Waals surface area contributed by atoms with Crippen molar-refractivity contribution in [2.45, 2.75) is 52.4 Å². The predicted octanol–water partition coefficient (Wildman–Crippen LogP) is 3.17. The molecule has 1 aliphatic carbocycles. The molecule has 0 bridgehead atoms. The van der Waals surface area contributed by atoms with Gasteiger partial charge in [0.15, 0.2) is 5.96 Å². The predicted molar refractivity (Wildman–Crippen MR) is 97.1 cm³/mol. The van der Waals surface area contributed by atoms with E-state index in [1.165, 1.54) is 25.7 Å². The molecule has 0 spiro atoms. The average molecular weight is 397 g/mol. The van der Waals surface area contributed by atoms with Crippen LogP contribution in [0.4, 0.5) is 0 Å². The molecule has 5 heteroatoms. The first-order valence-corrected chi connectivity index (χ1v) is 7.78. The van der Waals surface area contributed by atoms with Gasteiger partial charge in [0.05, 0.1) is 0 Å². The minimum Gasteiger partial charge on any atom is -0.382 e. The summed E-state index contributed by atoms with van der Waals surface area (Å²) in [5.74, 6) is 0.941. The molecule has 0 aromatic carbocycles. The third kappa shape index (κ3) is 7.11. The molecule has 0 amide bonds. The Kier molecular flexibility index (Phi) is 11.6. The molecule has 2 N–H and O–H groups in total. The molecule has 1 fully saturated rings. The van der Waals surface area contributed by atoms with E-state index in [0.717, 1.165) is 45.1 Å². The van der Waals surface area contributed by atoms with Crippen LogP contribution in [0.2, 0.25) is 0 Å². The zero-order valence-corrected chi connectivity index (χ0v) is 15.7. The molecule has 0 unspecified atom stereocenters. The van der Waals surface area contributed by atoms with Gasteiger partial charge in [-0.15, -0.1) is 24.0 Å². The fourth-order valence-corrected chi connectivity index (χ4v) is 2.50. The second-order valence-corrected chi connectivity index (χ2v) is 5.46. The van der Waals surface area contributed by atoms with E-state index in [4.69, 9.17) is 4.74 Å². The van der Waals surface area contributed by atoms with E-state index in [1.54, 1.807) is 0 Å². The van der Waals surface area contributed by atoms with Gasteiger partial charge in [-0.3, -0.25) is 4.99 Å². The number of rotatable bonds is 9. The Labute approximate surface area is 141 Å². The van der Waals surface area contributed by atoms with Gasteiger partial charge in [0, 0.05) is 33.4 Å². The smallest absolute Gasteiger partial charge is 0.190 e. The maximum absolute atomic E-state index is 5.32. The summed E-state index contributed by atoms with van der Waals surface area (Å²) in [6.07, 6.45) is 7.62. The Morgan fingerprint density at radius 3 is 2.45 bits per heavy atom. The molecule has 0 heterocycles. The maximum Gasteiger partial charge on any atom is 0.190 e. The van der Waals surface area contributed by atoms with E-state index in [9.17, 15) is 0 Å². The highest BCUT2D eigenvalue weighted by Gasteiger charge is 2.34. The van der Waals surface area contributed by atoms with Crippen LogP contribution in [0.1, 0.15) is 52.4 Å². The number of nitrogens with zero attached hydrogens (tertiary/aromatic N) is 1. The van der Waals surface area contributed by atoms with Crippen LogP contribution in [0.15, 0.2) is 4.99 Å². The van der Waals surface area contributed by atoms with Crippen LogP contribution in [0.3, 0.4) is 0 Å². The van der Waals surface area contributed by atoms with Crippen LogP contribution in [-0.2, 0) is 4.74 Å². The summed E-state index contributed by atoms with van der Waals surface area (Å²) in [6.45, 7) is 8.03. The van der Waals surface area contributed by atoms with Crippen molar-refractivity contribution in [3.8, 4) is 0 Å². The van der Waals surface area contributed by atoms with E-state index in [2.05, 4.69) is 22.5 Å². The molecular weight excluding hydrogens is 365 g/mol. The SMILES string of the molecule is CCOCCCCNC(=NC)NCC1(CC)CCC1.I. The lowest BCUT2D eigenvalue weighted by Crippen LogP contribution is -2.46. The third-order valence-corrected chi connectivity index (χ3v) is 4.23. The molecule has 0 aromatic rings. The van der Waals surface area contributed by atoms with E-state index in [0.29, 0.717) is 5.41 Å². The van der Waals surface area contributed by atoms with Crippen molar-refractivity contribution in [3.63, 3.8) is 0 Å². The second-order valence-electron chi connectivity index (χ2n) is 5.46. The normalized spacial score (nSPS) is 17.1. The topological polar surface area (TPSA) is 45.6 Å². The highest BCUT2D eigenvalue weighted by Crippen LogP contribution is 2.42. The number of aliphatic imine (C=N–C) groups is 1. The van der Waals surface area contributed by atoms with Gasteiger partial charge in [-0.05, 0) is 44.4 Å². The van der Waals surface area contributed by atoms with Crippen molar-refractivity contribution < 1.29 is 4.74 Å². The van der Waals surface area contributed by atoms with E-state index < -0.39 is 0 Å². The van der Waals surface area contributed by atoms with Crippen LogP contribution < -0.4 is 10.6 Å². The van der Waals surface area contributed by atoms with Gasteiger partial charge in [-0.2, -0.15) is 0 Å². The lowest BCUT2D eigenvalue weighted by Gasteiger charge is -2.41. The number of nitrogens with one attached hydrogen (secondary N) is 2. The van der Waals surface area contributed by atoms with Gasteiger partial charge in [-0.25, -0.2) is 0 Å². The molecule has 0 atom stereocenters. The molecule has 1 saturated carbocycles. The highest BCUT2D eigenvalue weighted by molar-refractivity contribution is 14.0. The van der Waals surface area contributed by atoms with Gasteiger partial charge in [0.1, 0.15) is 0 Å². The first-order chi connectivity index (χ1) is 9.26. The Balaban J connectivity index is 0.00000361. The number of ether oxygens (including phenoxy) is 1. The molecule has 20 heavy (non-hydrogen) atoms. The highest BCUT2D eigenvalue weighted by atomic mass is 127. The summed E-state index contributed by atoms with van der Waals surface area (Å²) in [4.78, 5) is 4.28. The lowest BCUT2D eigenvalue weighted by molar-refractivity contribution is 0.131. The summed E-state index contributed by atoms with van der Waals surface area (Å²) < 4.78 is 5.32. The largest absolute Gasteiger partial charge is 0.382 e. The summed E-state index contributed by atoms with van der Waals surface area (Å²) >= 11 is 0. The van der Waals surface area contributed by atoms with Gasteiger partial charge >= 0.3 is 0 Å². The Morgan fingerprint density at radius 2 is 1.95 bits per heavy atom. The van der Waals surface area contributed by atoms with Crippen molar-refractivity contribution in [2.24, 2.45) is 10.4 Å². The van der Waals surface area contributed by atoms with E-state index in [1.807, 2.05) is 14.0 Å². The monoisotopic (exact) mass is 397 g/mol. The number of halogens is 1. The Bertz CT molecular complexity index is 262. The van der Waals surface area contributed by atoms with E-state index >= 15 is 0 Å². The minimum absolute atomic E-state index is 0. The van der Waals surface area contributed by atoms with Gasteiger partial charge in [-0.1, -0.05) is 13.3 Å². The van der Waals surface area contributed by atoms with Gasteiger partial charge in [0.25, 0.3) is 0 Å². The number of guanidine groups is 1. The lowest BCUT2D eigenvalue weighted by atomic mass is 9.67. The summed E-state index contributed by atoms with van der Waals surface area (Å²) in [6, 6.07) is 0. The van der Waals surface area contributed by atoms with Crippen molar-refractivity contribution in [3.05, 3.63) is 0 Å². The van der Waals surface area contributed by atoms with Crippen LogP contribution in [0, 0.1) is 5.41 Å². The van der Waals surface area contributed by atoms with Crippen molar-refractivity contribution in [1.29, 1.82) is 0 Å². The van der Waals surface area contributed by atoms with Crippen molar-refractivity contribution in [2.75, 3.05) is 33.4 Å². The summed E-state index contributed by atoms with van der Waals surface area (Å²) in [5, 5.41) is 6.85. The van der Waals surface area contributed by atoms with Crippen molar-refractivity contribution >= 4 is 29.9 Å². The fraction of sp³-hybridized carbons (Fsp3) is 0.933. The maximum atomic E-state index is 5.32. The molecule has 4 nitrogen and oxygen atoms in total. The van der Waals surface area contributed by atoms with Crippen LogP contribution in [0.5, 0.6) is 0 Å². The molecular formula is C15H32IN3O. The molecule has 0 radical (unpaired) electrons. The quantitative estimate of drug-likeness (QED) is 0.272. The van der Waals surface area contributed by atoms with Crippen LogP contribution in [0.25, 0.3) is 0 Å². The molecule has 1 aliphatic rings. The number of unbranched alkanes of at least 4 members (excludes halogenated alkanes) is 1. The third-order valence-electron chi connectivity index (χ3n) is 4.23. The molecule has 0 saturated heterocycles. The first kappa shape index (κ1) is 20.0. The molecule has 1 rings (SSSR count). The number of hydrogen-bond donors (Lipinski definition) is 2. The Morgan fingerprint density at radius 1 is 1.20 bits per heavy atom. The summed E-state index contributed by atoms with van der Waals surface area (Å²) in [7, 11) is 1.84. The number of hydrogen-bond acceptors (Lipinski definition) is 2. The summed E-state index contributed by atoms with van der Waals surface area (Å²) in [5.41, 5.74) is 0.534. The molecule has 120 valence electrons. The van der Waals surface area contributed by atoms with Gasteiger partial charge < -0.3 is 15.4 Å².